The Morgan fingerprint density at radius 1 is 0.796 bits per heavy atom. The van der Waals surface area contributed by atoms with E-state index in [1.165, 1.54) is 76.0 Å². The molecule has 296 valence electrons. The third-order valence-corrected chi connectivity index (χ3v) is 11.6. The van der Waals surface area contributed by atoms with Crippen LogP contribution in [0.1, 0.15) is 106 Å². The smallest absolute Gasteiger partial charge is 0.332 e. The molecule has 0 N–H and O–H groups in total. The molecule has 54 heavy (non-hydrogen) atoms. The minimum absolute atomic E-state index is 0.00587. The van der Waals surface area contributed by atoms with Crippen LogP contribution in [0.2, 0.25) is 0 Å². The number of halogens is 3. The standard InChI is InChI=1S/C45H62F3N3O3/c1-34(2)43-41-21-20-40(48)32-37(41)22-23-45(43,54-42(52)33-53-4)24-27-49(3)25-10-8-6-5-7-9-11-26-50-28-30-51(31-29-50)44(35-12-16-38(46)17-13-35)36-14-18-39(47)19-15-36/h12-21,32,34,43-44H,5-11,22-31,33H2,1-4H3/t43?,45-/m0/s1. The average Bonchev–Trinajstić information content (AvgIpc) is 3.15. The molecule has 2 atom stereocenters. The highest BCUT2D eigenvalue weighted by atomic mass is 19.1. The molecular weight excluding hydrogens is 688 g/mol. The van der Waals surface area contributed by atoms with Crippen LogP contribution in [0.3, 0.4) is 0 Å². The van der Waals surface area contributed by atoms with Gasteiger partial charge in [-0.05, 0) is 110 Å². The van der Waals surface area contributed by atoms with Crippen molar-refractivity contribution in [1.82, 2.24) is 14.7 Å². The normalized spacial score (nSPS) is 19.5. The molecule has 6 nitrogen and oxygen atoms in total. The third kappa shape index (κ3) is 11.6. The number of nitrogens with zero attached hydrogens (tertiary/aromatic N) is 3. The maximum Gasteiger partial charge on any atom is 0.332 e. The Morgan fingerprint density at radius 2 is 1.37 bits per heavy atom. The van der Waals surface area contributed by atoms with E-state index in [2.05, 4.69) is 35.6 Å². The number of piperazine rings is 1. The van der Waals surface area contributed by atoms with E-state index in [0.717, 1.165) is 80.9 Å². The molecule has 3 aromatic carbocycles. The van der Waals surface area contributed by atoms with Crippen molar-refractivity contribution in [2.24, 2.45) is 5.92 Å². The summed E-state index contributed by atoms with van der Waals surface area (Å²) in [5.74, 6) is -0.835. The van der Waals surface area contributed by atoms with Crippen LogP contribution in [0, 0.1) is 23.4 Å². The summed E-state index contributed by atoms with van der Waals surface area (Å²) in [6, 6.07) is 18.5. The number of methoxy groups -OCH3 is 1. The SMILES string of the molecule is COCC(=O)O[C@]1(CCN(C)CCCCCCCCCN2CCN(C(c3ccc(F)cc3)c3ccc(F)cc3)CC2)CCc2cc(F)ccc2C1C(C)C. The predicted octanol–water partition coefficient (Wildman–Crippen LogP) is 9.18. The highest BCUT2D eigenvalue weighted by Crippen LogP contribution is 2.48. The fourth-order valence-corrected chi connectivity index (χ4v) is 8.91. The van der Waals surface area contributed by atoms with Gasteiger partial charge < -0.3 is 19.3 Å². The van der Waals surface area contributed by atoms with Crippen molar-refractivity contribution in [3.05, 3.63) is 106 Å². The molecule has 0 spiro atoms. The molecule has 3 aromatic rings. The number of carbonyl (C=O) groups is 1. The number of fused-ring (bicyclic) bond motifs is 1. The summed E-state index contributed by atoms with van der Waals surface area (Å²) in [5.41, 5.74) is 3.54. The lowest BCUT2D eigenvalue weighted by Gasteiger charge is -2.47. The summed E-state index contributed by atoms with van der Waals surface area (Å²) in [6.07, 6.45) is 10.6. The van der Waals surface area contributed by atoms with E-state index in [-0.39, 0.29) is 47.9 Å². The van der Waals surface area contributed by atoms with Gasteiger partial charge in [-0.2, -0.15) is 0 Å². The van der Waals surface area contributed by atoms with E-state index in [1.54, 1.807) is 6.07 Å². The van der Waals surface area contributed by atoms with Crippen molar-refractivity contribution in [2.45, 2.75) is 95.6 Å². The summed E-state index contributed by atoms with van der Waals surface area (Å²) in [4.78, 5) is 20.2. The maximum atomic E-state index is 14.1. The molecule has 0 saturated carbocycles. The van der Waals surface area contributed by atoms with E-state index in [1.807, 2.05) is 30.3 Å². The van der Waals surface area contributed by atoms with Crippen LogP contribution in [0.5, 0.6) is 0 Å². The average molecular weight is 750 g/mol. The van der Waals surface area contributed by atoms with Crippen molar-refractivity contribution in [1.29, 1.82) is 0 Å². The number of esters is 1. The molecule has 2 aliphatic rings. The molecule has 1 unspecified atom stereocenters. The molecule has 1 heterocycles. The molecule has 9 heteroatoms. The summed E-state index contributed by atoms with van der Waals surface area (Å²) >= 11 is 0. The lowest BCUT2D eigenvalue weighted by atomic mass is 9.65. The second-order valence-electron chi connectivity index (χ2n) is 15.9. The zero-order valence-corrected chi connectivity index (χ0v) is 33.0. The molecule has 5 rings (SSSR count). The largest absolute Gasteiger partial charge is 0.457 e. The fraction of sp³-hybridized carbons (Fsp3) is 0.578. The van der Waals surface area contributed by atoms with Crippen LogP contribution in [-0.2, 0) is 20.7 Å². The lowest BCUT2D eigenvalue weighted by Crippen LogP contribution is -2.49. The number of ether oxygens (including phenoxy) is 2. The zero-order chi connectivity index (χ0) is 38.5. The predicted molar refractivity (Wildman–Crippen MR) is 210 cm³/mol. The van der Waals surface area contributed by atoms with Gasteiger partial charge in [0.05, 0.1) is 6.04 Å². The molecule has 0 radical (unpaired) electrons. The highest BCUT2D eigenvalue weighted by Gasteiger charge is 2.47. The van der Waals surface area contributed by atoms with Crippen molar-refractivity contribution < 1.29 is 27.4 Å². The second-order valence-corrected chi connectivity index (χ2v) is 15.9. The van der Waals surface area contributed by atoms with Gasteiger partial charge in [0.1, 0.15) is 29.7 Å². The van der Waals surface area contributed by atoms with Gasteiger partial charge in [-0.15, -0.1) is 0 Å². The summed E-state index contributed by atoms with van der Waals surface area (Å²) in [6.45, 7) is 11.0. The summed E-state index contributed by atoms with van der Waals surface area (Å²) in [7, 11) is 3.67. The first-order chi connectivity index (χ1) is 26.1. The number of aryl methyl sites for hydroxylation is 1. The van der Waals surface area contributed by atoms with E-state index < -0.39 is 5.60 Å². The van der Waals surface area contributed by atoms with Crippen LogP contribution < -0.4 is 0 Å². The molecule has 0 aromatic heterocycles. The first-order valence-corrected chi connectivity index (χ1v) is 20.2. The fourth-order valence-electron chi connectivity index (χ4n) is 8.91. The molecule has 1 saturated heterocycles. The first-order valence-electron chi connectivity index (χ1n) is 20.2. The van der Waals surface area contributed by atoms with Crippen molar-refractivity contribution in [3.63, 3.8) is 0 Å². The van der Waals surface area contributed by atoms with Gasteiger partial charge >= 0.3 is 5.97 Å². The van der Waals surface area contributed by atoms with Crippen molar-refractivity contribution >= 4 is 5.97 Å². The van der Waals surface area contributed by atoms with Crippen molar-refractivity contribution in [3.8, 4) is 0 Å². The Morgan fingerprint density at radius 3 is 1.96 bits per heavy atom. The second kappa shape index (κ2) is 20.6. The monoisotopic (exact) mass is 749 g/mol. The van der Waals surface area contributed by atoms with Gasteiger partial charge in [0.25, 0.3) is 0 Å². The minimum Gasteiger partial charge on any atom is -0.457 e. The van der Waals surface area contributed by atoms with Gasteiger partial charge in [-0.25, -0.2) is 18.0 Å². The highest BCUT2D eigenvalue weighted by molar-refractivity contribution is 5.71. The third-order valence-electron chi connectivity index (χ3n) is 11.6. The number of rotatable bonds is 20. The quantitative estimate of drug-likeness (QED) is 0.0849. The molecule has 0 bridgehead atoms. The van der Waals surface area contributed by atoms with E-state index in [9.17, 15) is 18.0 Å². The van der Waals surface area contributed by atoms with Crippen LogP contribution in [0.4, 0.5) is 13.2 Å². The Kier molecular flexibility index (Phi) is 16.0. The van der Waals surface area contributed by atoms with E-state index in [4.69, 9.17) is 9.47 Å². The summed E-state index contributed by atoms with van der Waals surface area (Å²) in [5, 5.41) is 0. The van der Waals surface area contributed by atoms with Crippen LogP contribution in [-0.4, -0.2) is 92.8 Å². The van der Waals surface area contributed by atoms with Gasteiger partial charge in [0.2, 0.25) is 0 Å². The lowest BCUT2D eigenvalue weighted by molar-refractivity contribution is -0.172. The van der Waals surface area contributed by atoms with Crippen LogP contribution >= 0.6 is 0 Å². The molecule has 1 fully saturated rings. The van der Waals surface area contributed by atoms with Crippen LogP contribution in [0.15, 0.2) is 66.7 Å². The van der Waals surface area contributed by atoms with E-state index >= 15 is 0 Å². The number of carbonyl (C=O) groups excluding carboxylic acids is 1. The molecule has 1 aliphatic carbocycles. The molecular formula is C45H62F3N3O3. The molecule has 1 aliphatic heterocycles. The van der Waals surface area contributed by atoms with Crippen LogP contribution in [0.25, 0.3) is 0 Å². The van der Waals surface area contributed by atoms with Gasteiger partial charge in [0, 0.05) is 52.2 Å². The van der Waals surface area contributed by atoms with Gasteiger partial charge in [-0.3, -0.25) is 4.90 Å². The Balaban J connectivity index is 0.981. The van der Waals surface area contributed by atoms with E-state index in [0.29, 0.717) is 12.8 Å². The Labute approximate surface area is 322 Å². The van der Waals surface area contributed by atoms with Gasteiger partial charge in [0.15, 0.2) is 0 Å². The number of hydrogen-bond donors (Lipinski definition) is 0. The molecule has 0 amide bonds. The first kappa shape index (κ1) is 41.9. The maximum absolute atomic E-state index is 14.1. The number of hydrogen-bond acceptors (Lipinski definition) is 6. The summed E-state index contributed by atoms with van der Waals surface area (Å²) < 4.78 is 52.9. The zero-order valence-electron chi connectivity index (χ0n) is 33.0. The topological polar surface area (TPSA) is 45.3 Å². The van der Waals surface area contributed by atoms with Gasteiger partial charge in [-0.1, -0.05) is 76.3 Å². The van der Waals surface area contributed by atoms with Crippen molar-refractivity contribution in [2.75, 3.05) is 66.6 Å². The number of unbranched alkanes of at least 4 members (excludes halogenated alkanes) is 6. The number of benzene rings is 3. The Bertz CT molecular complexity index is 1530. The Hall–Kier alpha value is -3.24. The minimum atomic E-state index is -0.646.